The van der Waals surface area contributed by atoms with Gasteiger partial charge in [-0.25, -0.2) is 0 Å². The molecular weight excluding hydrogens is 230 g/mol. The van der Waals surface area contributed by atoms with Gasteiger partial charge in [0.2, 0.25) is 11.8 Å². The van der Waals surface area contributed by atoms with Crippen molar-refractivity contribution in [1.82, 2.24) is 0 Å². The van der Waals surface area contributed by atoms with Crippen LogP contribution in [-0.4, -0.2) is 17.4 Å². The number of hydrogen-bond donors (Lipinski definition) is 3. The summed E-state index contributed by atoms with van der Waals surface area (Å²) in [5.41, 5.74) is 7.02. The second kappa shape index (κ2) is 5.18. The lowest BCUT2D eigenvalue weighted by atomic mass is 10.1. The molecule has 0 aliphatic heterocycles. The molecule has 98 valence electrons. The van der Waals surface area contributed by atoms with Crippen molar-refractivity contribution in [3.05, 3.63) is 23.8 Å². The molecule has 1 aromatic rings. The van der Waals surface area contributed by atoms with Crippen LogP contribution in [0.4, 0.5) is 11.4 Å². The first-order chi connectivity index (χ1) is 8.20. The average molecular weight is 249 g/mol. The summed E-state index contributed by atoms with van der Waals surface area (Å²) in [6, 6.07) is 5.26. The summed E-state index contributed by atoms with van der Waals surface area (Å²) in [5, 5.41) is 5.43. The first-order valence-electron chi connectivity index (χ1n) is 5.68. The van der Waals surface area contributed by atoms with E-state index in [-0.39, 0.29) is 11.8 Å². The maximum Gasteiger partial charge on any atom is 0.243 e. The molecule has 18 heavy (non-hydrogen) atoms. The van der Waals surface area contributed by atoms with E-state index in [4.69, 9.17) is 5.73 Å². The number of carbonyl (C=O) groups is 2. The van der Waals surface area contributed by atoms with E-state index in [1.54, 1.807) is 32.0 Å². The molecule has 0 radical (unpaired) electrons. The van der Waals surface area contributed by atoms with Crippen molar-refractivity contribution in [3.63, 3.8) is 0 Å². The molecule has 1 rings (SSSR count). The second-order valence-electron chi connectivity index (χ2n) is 4.89. The van der Waals surface area contributed by atoms with Crippen LogP contribution < -0.4 is 16.4 Å². The highest BCUT2D eigenvalue weighted by Crippen LogP contribution is 2.20. The third-order valence-corrected chi connectivity index (χ3v) is 2.38. The topological polar surface area (TPSA) is 84.2 Å². The zero-order valence-corrected chi connectivity index (χ0v) is 11.1. The van der Waals surface area contributed by atoms with Crippen molar-refractivity contribution >= 4 is 23.2 Å². The predicted molar refractivity (Wildman–Crippen MR) is 72.4 cm³/mol. The van der Waals surface area contributed by atoms with E-state index in [0.29, 0.717) is 5.69 Å². The largest absolute Gasteiger partial charge is 0.326 e. The first-order valence-corrected chi connectivity index (χ1v) is 5.68. The highest BCUT2D eigenvalue weighted by atomic mass is 16.2. The number of nitrogens with one attached hydrogen (secondary N) is 2. The zero-order chi connectivity index (χ0) is 13.9. The number of hydrogen-bond acceptors (Lipinski definition) is 3. The van der Waals surface area contributed by atoms with Crippen molar-refractivity contribution in [2.45, 2.75) is 33.2 Å². The van der Waals surface area contributed by atoms with E-state index in [1.165, 1.54) is 6.92 Å². The van der Waals surface area contributed by atoms with E-state index < -0.39 is 5.54 Å². The van der Waals surface area contributed by atoms with Gasteiger partial charge in [-0.05, 0) is 44.5 Å². The standard InChI is InChI=1S/C13H19N3O2/c1-8-7-10(16-12(18)13(3,4)14)5-6-11(8)15-9(2)17/h5-7H,14H2,1-4H3,(H,15,17)(H,16,18). The highest BCUT2D eigenvalue weighted by molar-refractivity contribution is 5.98. The Kier molecular flexibility index (Phi) is 4.08. The van der Waals surface area contributed by atoms with E-state index in [9.17, 15) is 9.59 Å². The second-order valence-corrected chi connectivity index (χ2v) is 4.89. The summed E-state index contributed by atoms with van der Waals surface area (Å²) in [6.07, 6.45) is 0. The molecule has 4 N–H and O–H groups in total. The Labute approximate surface area is 107 Å². The lowest BCUT2D eigenvalue weighted by Crippen LogP contribution is -2.45. The number of amides is 2. The molecule has 0 atom stereocenters. The molecular formula is C13H19N3O2. The van der Waals surface area contributed by atoms with Gasteiger partial charge in [0.25, 0.3) is 0 Å². The van der Waals surface area contributed by atoms with Crippen LogP contribution in [0.1, 0.15) is 26.3 Å². The summed E-state index contributed by atoms with van der Waals surface area (Å²) < 4.78 is 0. The van der Waals surface area contributed by atoms with Crippen molar-refractivity contribution in [2.24, 2.45) is 5.73 Å². The van der Waals surface area contributed by atoms with Crippen LogP contribution in [0.5, 0.6) is 0 Å². The van der Waals surface area contributed by atoms with E-state index in [1.807, 2.05) is 6.92 Å². The van der Waals surface area contributed by atoms with Crippen LogP contribution in [0.25, 0.3) is 0 Å². The minimum absolute atomic E-state index is 0.127. The molecule has 0 saturated carbocycles. The highest BCUT2D eigenvalue weighted by Gasteiger charge is 2.21. The van der Waals surface area contributed by atoms with Gasteiger partial charge in [0, 0.05) is 18.3 Å². The van der Waals surface area contributed by atoms with Gasteiger partial charge < -0.3 is 16.4 Å². The smallest absolute Gasteiger partial charge is 0.243 e. The number of nitrogens with two attached hydrogens (primary N) is 1. The number of carbonyl (C=O) groups excluding carboxylic acids is 2. The molecule has 0 spiro atoms. The van der Waals surface area contributed by atoms with Crippen LogP contribution in [0, 0.1) is 6.92 Å². The van der Waals surface area contributed by atoms with Crippen LogP contribution in [0.3, 0.4) is 0 Å². The Hall–Kier alpha value is -1.88. The molecule has 5 nitrogen and oxygen atoms in total. The summed E-state index contributed by atoms with van der Waals surface area (Å²) >= 11 is 0. The number of benzene rings is 1. The summed E-state index contributed by atoms with van der Waals surface area (Å²) in [7, 11) is 0. The molecule has 0 fully saturated rings. The fraction of sp³-hybridized carbons (Fsp3) is 0.385. The third kappa shape index (κ3) is 3.85. The number of aryl methyl sites for hydroxylation is 1. The lowest BCUT2D eigenvalue weighted by molar-refractivity contribution is -0.120. The average Bonchev–Trinajstić information content (AvgIpc) is 2.20. The SMILES string of the molecule is CC(=O)Nc1ccc(NC(=O)C(C)(C)N)cc1C. The molecule has 0 aliphatic carbocycles. The molecule has 2 amide bonds. The third-order valence-electron chi connectivity index (χ3n) is 2.38. The quantitative estimate of drug-likeness (QED) is 0.761. The van der Waals surface area contributed by atoms with Gasteiger partial charge in [-0.2, -0.15) is 0 Å². The Morgan fingerprint density at radius 2 is 1.83 bits per heavy atom. The molecule has 0 aliphatic rings. The Bertz CT molecular complexity index is 476. The van der Waals surface area contributed by atoms with Crippen LogP contribution in [0.15, 0.2) is 18.2 Å². The predicted octanol–water partition coefficient (Wildman–Crippen LogP) is 1.63. The lowest BCUT2D eigenvalue weighted by Gasteiger charge is -2.18. The van der Waals surface area contributed by atoms with Crippen LogP contribution >= 0.6 is 0 Å². The Balaban J connectivity index is 2.85. The minimum atomic E-state index is -0.926. The van der Waals surface area contributed by atoms with Gasteiger partial charge in [0.15, 0.2) is 0 Å². The van der Waals surface area contributed by atoms with Gasteiger partial charge >= 0.3 is 0 Å². The molecule has 1 aromatic carbocycles. The monoisotopic (exact) mass is 249 g/mol. The number of rotatable bonds is 3. The van der Waals surface area contributed by atoms with E-state index in [0.717, 1.165) is 11.3 Å². The summed E-state index contributed by atoms with van der Waals surface area (Å²) in [5.74, 6) is -0.382. The molecule has 0 bridgehead atoms. The fourth-order valence-corrected chi connectivity index (χ4v) is 1.36. The van der Waals surface area contributed by atoms with Crippen molar-refractivity contribution in [2.75, 3.05) is 10.6 Å². The molecule has 0 heterocycles. The number of anilines is 2. The van der Waals surface area contributed by atoms with Gasteiger partial charge in [-0.15, -0.1) is 0 Å². The molecule has 5 heteroatoms. The fourth-order valence-electron chi connectivity index (χ4n) is 1.36. The first kappa shape index (κ1) is 14.2. The summed E-state index contributed by atoms with van der Waals surface area (Å²) in [4.78, 5) is 22.7. The normalized spacial score (nSPS) is 10.9. The Morgan fingerprint density at radius 3 is 2.28 bits per heavy atom. The zero-order valence-electron chi connectivity index (χ0n) is 11.1. The maximum atomic E-state index is 11.7. The maximum absolute atomic E-state index is 11.7. The van der Waals surface area contributed by atoms with Crippen LogP contribution in [-0.2, 0) is 9.59 Å². The Morgan fingerprint density at radius 1 is 1.22 bits per heavy atom. The van der Waals surface area contributed by atoms with Crippen molar-refractivity contribution in [3.8, 4) is 0 Å². The summed E-state index contributed by atoms with van der Waals surface area (Å²) in [6.45, 7) is 6.59. The van der Waals surface area contributed by atoms with Gasteiger partial charge in [-0.3, -0.25) is 9.59 Å². The molecule has 0 unspecified atom stereocenters. The van der Waals surface area contributed by atoms with Crippen molar-refractivity contribution in [1.29, 1.82) is 0 Å². The van der Waals surface area contributed by atoms with E-state index in [2.05, 4.69) is 10.6 Å². The molecule has 0 aromatic heterocycles. The van der Waals surface area contributed by atoms with Gasteiger partial charge in [0.05, 0.1) is 5.54 Å². The van der Waals surface area contributed by atoms with Gasteiger partial charge in [-0.1, -0.05) is 0 Å². The molecule has 0 saturated heterocycles. The van der Waals surface area contributed by atoms with Crippen molar-refractivity contribution < 1.29 is 9.59 Å². The van der Waals surface area contributed by atoms with Gasteiger partial charge in [0.1, 0.15) is 0 Å². The van der Waals surface area contributed by atoms with Crippen LogP contribution in [0.2, 0.25) is 0 Å². The van der Waals surface area contributed by atoms with E-state index >= 15 is 0 Å². The minimum Gasteiger partial charge on any atom is -0.326 e.